The van der Waals surface area contributed by atoms with E-state index in [1.165, 1.54) is 0 Å². The molecule has 0 saturated carbocycles. The van der Waals surface area contributed by atoms with Crippen molar-refractivity contribution in [1.82, 2.24) is 14.5 Å². The number of aromatic nitrogens is 3. The molecule has 0 aliphatic rings. The van der Waals surface area contributed by atoms with Crippen molar-refractivity contribution in [3.63, 3.8) is 0 Å². The number of imidazole rings is 1. The molecule has 4 heteroatoms. The van der Waals surface area contributed by atoms with Gasteiger partial charge in [0.2, 0.25) is 0 Å². The molecule has 0 saturated heterocycles. The van der Waals surface area contributed by atoms with Gasteiger partial charge in [0, 0.05) is 35.8 Å². The van der Waals surface area contributed by atoms with E-state index in [0.717, 1.165) is 29.3 Å². The quantitative estimate of drug-likeness (QED) is 0.798. The number of pyridine rings is 1. The monoisotopic (exact) mass is 277 g/mol. The van der Waals surface area contributed by atoms with Crippen LogP contribution in [0.2, 0.25) is 0 Å². The van der Waals surface area contributed by atoms with E-state index in [4.69, 9.17) is 16.6 Å². The van der Waals surface area contributed by atoms with Crippen LogP contribution in [-0.2, 0) is 17.7 Å². The predicted octanol–water partition coefficient (Wildman–Crippen LogP) is 3.87. The van der Waals surface area contributed by atoms with E-state index in [1.54, 1.807) is 0 Å². The lowest BCUT2D eigenvalue weighted by Crippen LogP contribution is -2.16. The minimum absolute atomic E-state index is 0.00375. The lowest BCUT2D eigenvalue weighted by Gasteiger charge is -2.20. The second-order valence-electron chi connectivity index (χ2n) is 5.67. The molecular formula is C15H20ClN3. The smallest absolute Gasteiger partial charge is 0.138 e. The summed E-state index contributed by atoms with van der Waals surface area (Å²) in [4.78, 5) is 9.12. The van der Waals surface area contributed by atoms with Crippen molar-refractivity contribution in [3.8, 4) is 5.82 Å². The van der Waals surface area contributed by atoms with Gasteiger partial charge in [-0.25, -0.2) is 9.97 Å². The van der Waals surface area contributed by atoms with E-state index < -0.39 is 0 Å². The van der Waals surface area contributed by atoms with E-state index in [0.29, 0.717) is 5.88 Å². The standard InChI is InChI=1S/C15H20ClN3/c1-5-13-17-6-7-19(13)14-9-11(10-16)8-12(18-14)15(2,3)4/h6-9H,5,10H2,1-4H3. The molecule has 0 N–H and O–H groups in total. The summed E-state index contributed by atoms with van der Waals surface area (Å²) in [5, 5.41) is 0. The van der Waals surface area contributed by atoms with Gasteiger partial charge in [0.25, 0.3) is 0 Å². The first-order valence-corrected chi connectivity index (χ1v) is 7.09. The fourth-order valence-electron chi connectivity index (χ4n) is 1.96. The van der Waals surface area contributed by atoms with Gasteiger partial charge in [-0.2, -0.15) is 0 Å². The zero-order valence-corrected chi connectivity index (χ0v) is 12.7. The maximum absolute atomic E-state index is 6.00. The molecule has 2 rings (SSSR count). The molecule has 19 heavy (non-hydrogen) atoms. The van der Waals surface area contributed by atoms with Crippen molar-refractivity contribution in [3.05, 3.63) is 41.6 Å². The van der Waals surface area contributed by atoms with Gasteiger partial charge in [-0.15, -0.1) is 11.6 Å². The fraction of sp³-hybridized carbons (Fsp3) is 0.467. The van der Waals surface area contributed by atoms with Crippen LogP contribution in [0, 0.1) is 0 Å². The zero-order valence-electron chi connectivity index (χ0n) is 11.9. The maximum atomic E-state index is 6.00. The van der Waals surface area contributed by atoms with E-state index in [-0.39, 0.29) is 5.41 Å². The number of rotatable bonds is 3. The van der Waals surface area contributed by atoms with Crippen LogP contribution in [-0.4, -0.2) is 14.5 Å². The second kappa shape index (κ2) is 5.33. The molecule has 0 radical (unpaired) electrons. The number of nitrogens with zero attached hydrogens (tertiary/aromatic N) is 3. The molecule has 0 fully saturated rings. The van der Waals surface area contributed by atoms with Crippen LogP contribution in [0.25, 0.3) is 5.82 Å². The molecule has 0 spiro atoms. The first kappa shape index (κ1) is 14.1. The average Bonchev–Trinajstić information content (AvgIpc) is 2.85. The molecule has 0 atom stereocenters. The van der Waals surface area contributed by atoms with Crippen LogP contribution in [0.15, 0.2) is 24.5 Å². The molecule has 0 unspecified atom stereocenters. The number of aryl methyl sites for hydroxylation is 1. The van der Waals surface area contributed by atoms with Gasteiger partial charge in [-0.1, -0.05) is 27.7 Å². The Labute approximate surface area is 119 Å². The number of alkyl halides is 1. The van der Waals surface area contributed by atoms with Crippen molar-refractivity contribution in [2.24, 2.45) is 0 Å². The number of halogens is 1. The van der Waals surface area contributed by atoms with Crippen LogP contribution < -0.4 is 0 Å². The van der Waals surface area contributed by atoms with Crippen molar-refractivity contribution in [1.29, 1.82) is 0 Å². The Hall–Kier alpha value is -1.35. The molecule has 0 aliphatic heterocycles. The van der Waals surface area contributed by atoms with Crippen molar-refractivity contribution < 1.29 is 0 Å². The summed E-state index contributed by atoms with van der Waals surface area (Å²) in [6.07, 6.45) is 4.64. The Kier molecular flexibility index (Phi) is 3.95. The topological polar surface area (TPSA) is 30.7 Å². The summed E-state index contributed by atoms with van der Waals surface area (Å²) >= 11 is 6.00. The Morgan fingerprint density at radius 3 is 2.58 bits per heavy atom. The average molecular weight is 278 g/mol. The third-order valence-corrected chi connectivity index (χ3v) is 3.38. The minimum Gasteiger partial charge on any atom is -0.288 e. The Balaban J connectivity index is 2.57. The molecule has 0 amide bonds. The normalized spacial score (nSPS) is 11.8. The molecule has 0 aliphatic carbocycles. The highest BCUT2D eigenvalue weighted by atomic mass is 35.5. The van der Waals surface area contributed by atoms with Crippen molar-refractivity contribution >= 4 is 11.6 Å². The largest absolute Gasteiger partial charge is 0.288 e. The van der Waals surface area contributed by atoms with Crippen LogP contribution in [0.1, 0.15) is 44.8 Å². The molecule has 0 bridgehead atoms. The summed E-state index contributed by atoms with van der Waals surface area (Å²) < 4.78 is 2.03. The molecule has 2 heterocycles. The SMILES string of the molecule is CCc1nccn1-c1cc(CCl)cc(C(C)(C)C)n1. The second-order valence-corrected chi connectivity index (χ2v) is 5.94. The van der Waals surface area contributed by atoms with Gasteiger partial charge in [-0.3, -0.25) is 4.57 Å². The molecule has 2 aromatic rings. The van der Waals surface area contributed by atoms with Crippen molar-refractivity contribution in [2.45, 2.75) is 45.4 Å². The zero-order chi connectivity index (χ0) is 14.0. The van der Waals surface area contributed by atoms with E-state index in [9.17, 15) is 0 Å². The number of hydrogen-bond acceptors (Lipinski definition) is 2. The van der Waals surface area contributed by atoms with Crippen LogP contribution in [0.4, 0.5) is 0 Å². The molecular weight excluding hydrogens is 258 g/mol. The molecule has 3 nitrogen and oxygen atoms in total. The number of hydrogen-bond donors (Lipinski definition) is 0. The van der Waals surface area contributed by atoms with Gasteiger partial charge in [0.1, 0.15) is 11.6 Å². The van der Waals surface area contributed by atoms with Gasteiger partial charge in [0.15, 0.2) is 0 Å². The Bertz CT molecular complexity index is 567. The molecule has 2 aromatic heterocycles. The summed E-state index contributed by atoms with van der Waals surface area (Å²) in [6.45, 7) is 8.57. The molecule has 102 valence electrons. The third-order valence-electron chi connectivity index (χ3n) is 3.07. The minimum atomic E-state index is 0.00375. The lowest BCUT2D eigenvalue weighted by molar-refractivity contribution is 0.566. The highest BCUT2D eigenvalue weighted by molar-refractivity contribution is 6.17. The summed E-state index contributed by atoms with van der Waals surface area (Å²) in [5.74, 6) is 2.41. The first-order chi connectivity index (χ1) is 8.95. The van der Waals surface area contributed by atoms with Crippen LogP contribution in [0.3, 0.4) is 0 Å². The van der Waals surface area contributed by atoms with Crippen molar-refractivity contribution in [2.75, 3.05) is 0 Å². The highest BCUT2D eigenvalue weighted by Gasteiger charge is 2.18. The van der Waals surface area contributed by atoms with Crippen LogP contribution >= 0.6 is 11.6 Å². The Morgan fingerprint density at radius 1 is 1.26 bits per heavy atom. The fourth-order valence-corrected chi connectivity index (χ4v) is 2.11. The summed E-state index contributed by atoms with van der Waals surface area (Å²) in [5.41, 5.74) is 2.15. The first-order valence-electron chi connectivity index (χ1n) is 6.55. The third kappa shape index (κ3) is 2.98. The lowest BCUT2D eigenvalue weighted by atomic mass is 9.91. The summed E-state index contributed by atoms with van der Waals surface area (Å²) in [7, 11) is 0. The van der Waals surface area contributed by atoms with Crippen LogP contribution in [0.5, 0.6) is 0 Å². The van der Waals surface area contributed by atoms with Gasteiger partial charge in [-0.05, 0) is 17.7 Å². The van der Waals surface area contributed by atoms with E-state index >= 15 is 0 Å². The van der Waals surface area contributed by atoms with Gasteiger partial charge < -0.3 is 0 Å². The predicted molar refractivity (Wildman–Crippen MR) is 79.0 cm³/mol. The van der Waals surface area contributed by atoms with Gasteiger partial charge in [0.05, 0.1) is 0 Å². The highest BCUT2D eigenvalue weighted by Crippen LogP contribution is 2.24. The van der Waals surface area contributed by atoms with E-state index in [2.05, 4.69) is 38.7 Å². The maximum Gasteiger partial charge on any atom is 0.138 e. The van der Waals surface area contributed by atoms with Gasteiger partial charge >= 0.3 is 0 Å². The summed E-state index contributed by atoms with van der Waals surface area (Å²) in [6, 6.07) is 4.11. The Morgan fingerprint density at radius 2 is 2.00 bits per heavy atom. The van der Waals surface area contributed by atoms with E-state index in [1.807, 2.05) is 23.0 Å². The molecule has 0 aromatic carbocycles.